The topological polar surface area (TPSA) is 73.2 Å². The van der Waals surface area contributed by atoms with Crippen LogP contribution in [0.15, 0.2) is 23.1 Å². The molecule has 7 heteroatoms. The number of piperazine rings is 1. The molecule has 0 radical (unpaired) electrons. The Hall–Kier alpha value is -1.13. The monoisotopic (exact) mass is 299 g/mol. The number of nitrogens with one attached hydrogen (secondary N) is 1. The molecule has 2 rings (SSSR count). The largest absolute Gasteiger partial charge is 0.312 e. The van der Waals surface area contributed by atoms with Gasteiger partial charge in [-0.05, 0) is 25.1 Å². The first kappa shape index (κ1) is 14.3. The van der Waals surface area contributed by atoms with E-state index in [-0.39, 0.29) is 21.5 Å². The van der Waals surface area contributed by atoms with Crippen molar-refractivity contribution in [2.24, 2.45) is 0 Å². The minimum atomic E-state index is -3.65. The van der Waals surface area contributed by atoms with E-state index in [1.54, 1.807) is 0 Å². The summed E-state index contributed by atoms with van der Waals surface area (Å²) in [4.78, 5) is 0.00215. The lowest BCUT2D eigenvalue weighted by Gasteiger charge is -2.31. The maximum absolute atomic E-state index is 12.5. The maximum atomic E-state index is 12.5. The molecule has 0 unspecified atom stereocenters. The third-order valence-corrected chi connectivity index (χ3v) is 5.36. The summed E-state index contributed by atoms with van der Waals surface area (Å²) in [6.45, 7) is 3.33. The molecule has 1 heterocycles. The van der Waals surface area contributed by atoms with E-state index in [0.717, 1.165) is 0 Å². The van der Waals surface area contributed by atoms with Crippen LogP contribution in [0.4, 0.5) is 0 Å². The van der Waals surface area contributed by atoms with Crippen LogP contribution >= 0.6 is 11.6 Å². The van der Waals surface area contributed by atoms with Crippen molar-refractivity contribution < 1.29 is 8.42 Å². The Morgan fingerprint density at radius 1 is 1.53 bits per heavy atom. The van der Waals surface area contributed by atoms with Crippen molar-refractivity contribution in [1.29, 1.82) is 5.26 Å². The Morgan fingerprint density at radius 2 is 2.26 bits per heavy atom. The van der Waals surface area contributed by atoms with Gasteiger partial charge in [-0.15, -0.1) is 0 Å². The fourth-order valence-electron chi connectivity index (χ4n) is 2.02. The summed E-state index contributed by atoms with van der Waals surface area (Å²) in [7, 11) is -3.65. The van der Waals surface area contributed by atoms with Crippen molar-refractivity contribution in [3.8, 4) is 6.07 Å². The van der Waals surface area contributed by atoms with E-state index in [9.17, 15) is 8.42 Å². The molecule has 1 N–H and O–H groups in total. The normalized spacial score (nSPS) is 21.0. The Bertz CT molecular complexity index is 624. The molecule has 1 atom stereocenters. The first-order valence-electron chi connectivity index (χ1n) is 5.88. The van der Waals surface area contributed by atoms with Gasteiger partial charge in [-0.3, -0.25) is 0 Å². The van der Waals surface area contributed by atoms with E-state index in [4.69, 9.17) is 16.9 Å². The lowest BCUT2D eigenvalue weighted by molar-refractivity contribution is 0.310. The van der Waals surface area contributed by atoms with Crippen LogP contribution in [0, 0.1) is 11.3 Å². The summed E-state index contributed by atoms with van der Waals surface area (Å²) in [5.74, 6) is 0. The number of rotatable bonds is 2. The van der Waals surface area contributed by atoms with Crippen molar-refractivity contribution >= 4 is 21.6 Å². The van der Waals surface area contributed by atoms with E-state index in [2.05, 4.69) is 5.32 Å². The zero-order valence-corrected chi connectivity index (χ0v) is 12.0. The average molecular weight is 300 g/mol. The third-order valence-electron chi connectivity index (χ3n) is 3.01. The number of nitriles is 1. The molecule has 19 heavy (non-hydrogen) atoms. The molecule has 1 aromatic carbocycles. The van der Waals surface area contributed by atoms with Crippen LogP contribution in [0.1, 0.15) is 12.5 Å². The van der Waals surface area contributed by atoms with Gasteiger partial charge in [-0.1, -0.05) is 11.6 Å². The minimum absolute atomic E-state index is 0.00215. The van der Waals surface area contributed by atoms with Crippen molar-refractivity contribution in [2.45, 2.75) is 17.9 Å². The van der Waals surface area contributed by atoms with Gasteiger partial charge >= 0.3 is 0 Å². The van der Waals surface area contributed by atoms with Crippen LogP contribution in [-0.2, 0) is 10.0 Å². The molecule has 0 amide bonds. The number of halogens is 1. The van der Waals surface area contributed by atoms with Gasteiger partial charge in [-0.2, -0.15) is 9.57 Å². The first-order chi connectivity index (χ1) is 8.95. The van der Waals surface area contributed by atoms with Gasteiger partial charge in [0.15, 0.2) is 0 Å². The highest BCUT2D eigenvalue weighted by Gasteiger charge is 2.30. The van der Waals surface area contributed by atoms with Crippen LogP contribution in [0.25, 0.3) is 0 Å². The van der Waals surface area contributed by atoms with Crippen LogP contribution in [0.2, 0.25) is 5.02 Å². The van der Waals surface area contributed by atoms with Crippen LogP contribution in [0.5, 0.6) is 0 Å². The summed E-state index contributed by atoms with van der Waals surface area (Å²) >= 11 is 5.96. The number of hydrogen-bond donors (Lipinski definition) is 1. The highest BCUT2D eigenvalue weighted by Crippen LogP contribution is 2.26. The Morgan fingerprint density at radius 3 is 2.89 bits per heavy atom. The molecule has 0 aliphatic carbocycles. The molecule has 1 saturated heterocycles. The zero-order valence-electron chi connectivity index (χ0n) is 10.4. The highest BCUT2D eigenvalue weighted by atomic mass is 35.5. The molecular weight excluding hydrogens is 286 g/mol. The summed E-state index contributed by atoms with van der Waals surface area (Å²) in [6, 6.07) is 6.29. The van der Waals surface area contributed by atoms with Crippen LogP contribution in [-0.4, -0.2) is 38.4 Å². The molecule has 5 nitrogen and oxygen atoms in total. The number of benzene rings is 1. The van der Waals surface area contributed by atoms with Crippen molar-refractivity contribution in [2.75, 3.05) is 19.6 Å². The summed E-state index contributed by atoms with van der Waals surface area (Å²) in [5, 5.41) is 12.2. The first-order valence-corrected chi connectivity index (χ1v) is 7.70. The van der Waals surface area contributed by atoms with Crippen LogP contribution < -0.4 is 5.32 Å². The number of hydrogen-bond acceptors (Lipinski definition) is 4. The van der Waals surface area contributed by atoms with Gasteiger partial charge in [0, 0.05) is 25.7 Å². The smallest absolute Gasteiger partial charge is 0.244 e. The minimum Gasteiger partial charge on any atom is -0.312 e. The van der Waals surface area contributed by atoms with Crippen molar-refractivity contribution in [3.05, 3.63) is 28.8 Å². The van der Waals surface area contributed by atoms with Gasteiger partial charge in [0.2, 0.25) is 10.0 Å². The lowest BCUT2D eigenvalue weighted by Crippen LogP contribution is -2.51. The van der Waals surface area contributed by atoms with Crippen LogP contribution in [0.3, 0.4) is 0 Å². The highest BCUT2D eigenvalue weighted by molar-refractivity contribution is 7.89. The molecule has 1 aliphatic heterocycles. The predicted molar refractivity (Wildman–Crippen MR) is 72.4 cm³/mol. The third kappa shape index (κ3) is 2.90. The van der Waals surface area contributed by atoms with E-state index in [0.29, 0.717) is 19.6 Å². The number of sulfonamides is 1. The van der Waals surface area contributed by atoms with Gasteiger partial charge in [0.25, 0.3) is 0 Å². The fourth-order valence-corrected chi connectivity index (χ4v) is 4.05. The van der Waals surface area contributed by atoms with E-state index in [1.807, 2.05) is 13.0 Å². The van der Waals surface area contributed by atoms with E-state index >= 15 is 0 Å². The van der Waals surface area contributed by atoms with Gasteiger partial charge in [-0.25, -0.2) is 8.42 Å². The predicted octanol–water partition coefficient (Wildman–Crippen LogP) is 1.19. The fraction of sp³-hybridized carbons (Fsp3) is 0.417. The zero-order chi connectivity index (χ0) is 14.0. The quantitative estimate of drug-likeness (QED) is 0.890. The molecular formula is C12H14ClN3O2S. The molecule has 1 aliphatic rings. The van der Waals surface area contributed by atoms with Crippen molar-refractivity contribution in [3.63, 3.8) is 0 Å². The molecule has 102 valence electrons. The number of nitrogens with zero attached hydrogens (tertiary/aromatic N) is 2. The molecule has 0 bridgehead atoms. The van der Waals surface area contributed by atoms with Crippen molar-refractivity contribution in [1.82, 2.24) is 9.62 Å². The Labute approximate surface area is 117 Å². The van der Waals surface area contributed by atoms with E-state index in [1.165, 1.54) is 22.5 Å². The molecule has 1 fully saturated rings. The second-order valence-corrected chi connectivity index (χ2v) is 6.79. The summed E-state index contributed by atoms with van der Waals surface area (Å²) in [6.07, 6.45) is 0. The molecule has 0 spiro atoms. The summed E-state index contributed by atoms with van der Waals surface area (Å²) < 4.78 is 26.5. The standard InChI is InChI=1S/C12H14ClN3O2S/c1-9-8-16(5-4-15-9)19(17,18)12-6-10(7-14)2-3-11(12)13/h2-3,6,9,15H,4-5,8H2,1H3/t9-/m0/s1. The summed E-state index contributed by atoms with van der Waals surface area (Å²) in [5.41, 5.74) is 0.283. The lowest BCUT2D eigenvalue weighted by atomic mass is 10.2. The SMILES string of the molecule is C[C@H]1CN(S(=O)(=O)c2cc(C#N)ccc2Cl)CCN1. The Balaban J connectivity index is 2.42. The second-order valence-electron chi connectivity index (χ2n) is 4.48. The van der Waals surface area contributed by atoms with Gasteiger partial charge in [0.1, 0.15) is 4.90 Å². The average Bonchev–Trinajstić information content (AvgIpc) is 2.39. The molecule has 1 aromatic rings. The second kappa shape index (κ2) is 5.47. The maximum Gasteiger partial charge on any atom is 0.244 e. The van der Waals surface area contributed by atoms with E-state index < -0.39 is 10.0 Å². The van der Waals surface area contributed by atoms with Gasteiger partial charge in [0.05, 0.1) is 16.7 Å². The van der Waals surface area contributed by atoms with Gasteiger partial charge < -0.3 is 5.32 Å². The Kier molecular flexibility index (Phi) is 4.11. The molecule has 0 saturated carbocycles. The molecule has 0 aromatic heterocycles.